The molecule has 0 bridgehead atoms. The van der Waals surface area contributed by atoms with E-state index in [2.05, 4.69) is 47.3 Å². The normalized spacial score (nSPS) is 29.4. The molecular formula is C19H27N3OS. The highest BCUT2D eigenvalue weighted by molar-refractivity contribution is 7.80. The number of fused-ring (bicyclic) bond motifs is 3. The standard InChI is InChI=1S/C19H27N3OS/c1-13-5-6-17-15(10-13)16-12-21(2)8-7-18(16)22(17)19(24)20-11-14-4-3-9-23-14/h5-6,10,14,16,18H,3-4,7-9,11-12H2,1-2H3,(H,20,24)/t14-,16+,18-/m1/s1. The second kappa shape index (κ2) is 6.62. The number of rotatable bonds is 2. The lowest BCUT2D eigenvalue weighted by atomic mass is 9.89. The van der Waals surface area contributed by atoms with Gasteiger partial charge in [-0.1, -0.05) is 17.7 Å². The first-order chi connectivity index (χ1) is 11.6. The van der Waals surface area contributed by atoms with Gasteiger partial charge < -0.3 is 19.9 Å². The number of nitrogens with one attached hydrogen (secondary N) is 1. The Labute approximate surface area is 150 Å². The topological polar surface area (TPSA) is 27.7 Å². The molecule has 0 amide bonds. The van der Waals surface area contributed by atoms with Gasteiger partial charge in [-0.2, -0.15) is 0 Å². The second-order valence-electron chi connectivity index (χ2n) is 7.48. The molecule has 0 unspecified atom stereocenters. The van der Waals surface area contributed by atoms with Crippen LogP contribution >= 0.6 is 12.2 Å². The summed E-state index contributed by atoms with van der Waals surface area (Å²) < 4.78 is 5.72. The van der Waals surface area contributed by atoms with Crippen LogP contribution in [0.4, 0.5) is 5.69 Å². The molecule has 3 aliphatic rings. The van der Waals surface area contributed by atoms with Crippen LogP contribution in [0.2, 0.25) is 0 Å². The number of hydrogen-bond donors (Lipinski definition) is 1. The van der Waals surface area contributed by atoms with E-state index in [0.717, 1.165) is 44.2 Å². The number of likely N-dealkylation sites (N-methyl/N-ethyl adjacent to an activating group) is 1. The lowest BCUT2D eigenvalue weighted by Crippen LogP contribution is -2.51. The molecule has 0 spiro atoms. The minimum atomic E-state index is 0.316. The average Bonchev–Trinajstić information content (AvgIpc) is 3.18. The van der Waals surface area contributed by atoms with Gasteiger partial charge in [-0.05, 0) is 63.6 Å². The maximum Gasteiger partial charge on any atom is 0.173 e. The molecular weight excluding hydrogens is 318 g/mol. The monoisotopic (exact) mass is 345 g/mol. The van der Waals surface area contributed by atoms with Gasteiger partial charge in [0.25, 0.3) is 0 Å². The molecule has 4 rings (SSSR count). The number of hydrogen-bond acceptors (Lipinski definition) is 3. The second-order valence-corrected chi connectivity index (χ2v) is 7.86. The fraction of sp³-hybridized carbons (Fsp3) is 0.632. The van der Waals surface area contributed by atoms with E-state index in [1.807, 2.05) is 0 Å². The first kappa shape index (κ1) is 16.3. The third-order valence-electron chi connectivity index (χ3n) is 5.68. The number of ether oxygens (including phenoxy) is 1. The van der Waals surface area contributed by atoms with Crippen molar-refractivity contribution in [2.75, 3.05) is 38.2 Å². The molecule has 3 aliphatic heterocycles. The molecule has 3 heterocycles. The molecule has 5 heteroatoms. The van der Waals surface area contributed by atoms with Gasteiger partial charge in [0.1, 0.15) is 0 Å². The SMILES string of the molecule is Cc1ccc2c(c1)[C@@H]1CN(C)CC[C@H]1N2C(=S)NC[C@H]1CCCO1. The Kier molecular flexibility index (Phi) is 4.50. The number of anilines is 1. The smallest absolute Gasteiger partial charge is 0.173 e. The van der Waals surface area contributed by atoms with Crippen LogP contribution in [0.15, 0.2) is 18.2 Å². The number of nitrogens with zero attached hydrogens (tertiary/aromatic N) is 2. The van der Waals surface area contributed by atoms with Crippen molar-refractivity contribution >= 4 is 23.0 Å². The van der Waals surface area contributed by atoms with Gasteiger partial charge in [-0.15, -0.1) is 0 Å². The van der Waals surface area contributed by atoms with Gasteiger partial charge in [-0.25, -0.2) is 0 Å². The van der Waals surface area contributed by atoms with Crippen LogP contribution < -0.4 is 10.2 Å². The highest BCUT2D eigenvalue weighted by Crippen LogP contribution is 2.44. The van der Waals surface area contributed by atoms with Crippen molar-refractivity contribution in [1.82, 2.24) is 10.2 Å². The summed E-state index contributed by atoms with van der Waals surface area (Å²) in [5.74, 6) is 0.557. The van der Waals surface area contributed by atoms with Crippen LogP contribution in [0.3, 0.4) is 0 Å². The third kappa shape index (κ3) is 2.93. The summed E-state index contributed by atoms with van der Waals surface area (Å²) in [5.41, 5.74) is 4.10. The zero-order chi connectivity index (χ0) is 16.7. The summed E-state index contributed by atoms with van der Waals surface area (Å²) in [6.07, 6.45) is 3.79. The molecule has 0 saturated carbocycles. The minimum Gasteiger partial charge on any atom is -0.376 e. The van der Waals surface area contributed by atoms with Crippen molar-refractivity contribution < 1.29 is 4.74 Å². The maximum absolute atomic E-state index is 5.80. The maximum atomic E-state index is 5.80. The van der Waals surface area contributed by atoms with E-state index in [9.17, 15) is 0 Å². The predicted molar refractivity (Wildman–Crippen MR) is 102 cm³/mol. The first-order valence-corrected chi connectivity index (χ1v) is 9.52. The zero-order valence-electron chi connectivity index (χ0n) is 14.6. The van der Waals surface area contributed by atoms with Crippen molar-refractivity contribution in [3.8, 4) is 0 Å². The Hall–Kier alpha value is -1.17. The van der Waals surface area contributed by atoms with Crippen molar-refractivity contribution in [2.45, 2.75) is 44.2 Å². The van der Waals surface area contributed by atoms with E-state index < -0.39 is 0 Å². The lowest BCUT2D eigenvalue weighted by molar-refractivity contribution is 0.114. The average molecular weight is 346 g/mol. The first-order valence-electron chi connectivity index (χ1n) is 9.11. The number of likely N-dealkylation sites (tertiary alicyclic amines) is 1. The Morgan fingerprint density at radius 1 is 1.38 bits per heavy atom. The van der Waals surface area contributed by atoms with Gasteiger partial charge in [0.05, 0.1) is 6.10 Å². The summed E-state index contributed by atoms with van der Waals surface area (Å²) in [6.45, 7) is 6.15. The number of thiocarbonyl (C=S) groups is 1. The highest BCUT2D eigenvalue weighted by Gasteiger charge is 2.42. The summed E-state index contributed by atoms with van der Waals surface area (Å²) in [6, 6.07) is 7.30. The molecule has 1 aromatic rings. The molecule has 0 aromatic heterocycles. The van der Waals surface area contributed by atoms with Gasteiger partial charge in [0, 0.05) is 37.3 Å². The van der Waals surface area contributed by atoms with E-state index in [0.29, 0.717) is 18.1 Å². The summed E-state index contributed by atoms with van der Waals surface area (Å²) >= 11 is 5.80. The Bertz CT molecular complexity index is 629. The van der Waals surface area contributed by atoms with E-state index in [4.69, 9.17) is 17.0 Å². The molecule has 2 fully saturated rings. The summed E-state index contributed by atoms with van der Waals surface area (Å²) in [7, 11) is 2.22. The van der Waals surface area contributed by atoms with Crippen molar-refractivity contribution in [3.63, 3.8) is 0 Å². The summed E-state index contributed by atoms with van der Waals surface area (Å²) in [4.78, 5) is 4.83. The van der Waals surface area contributed by atoms with Crippen LogP contribution in [-0.4, -0.2) is 55.4 Å². The van der Waals surface area contributed by atoms with Crippen LogP contribution in [-0.2, 0) is 4.74 Å². The van der Waals surface area contributed by atoms with E-state index in [-0.39, 0.29) is 0 Å². The fourth-order valence-electron chi connectivity index (χ4n) is 4.44. The van der Waals surface area contributed by atoms with Crippen molar-refractivity contribution in [3.05, 3.63) is 29.3 Å². The molecule has 1 N–H and O–H groups in total. The molecule has 0 radical (unpaired) electrons. The van der Waals surface area contributed by atoms with Crippen LogP contribution in [0.25, 0.3) is 0 Å². The Balaban J connectivity index is 1.56. The predicted octanol–water partition coefficient (Wildman–Crippen LogP) is 2.66. The van der Waals surface area contributed by atoms with Crippen LogP contribution in [0.1, 0.15) is 36.3 Å². The number of benzene rings is 1. The highest BCUT2D eigenvalue weighted by atomic mass is 32.1. The fourth-order valence-corrected chi connectivity index (χ4v) is 4.75. The molecule has 4 nitrogen and oxygen atoms in total. The molecule has 2 saturated heterocycles. The minimum absolute atomic E-state index is 0.316. The lowest BCUT2D eigenvalue weighted by Gasteiger charge is -2.37. The van der Waals surface area contributed by atoms with Gasteiger partial charge >= 0.3 is 0 Å². The van der Waals surface area contributed by atoms with Gasteiger partial charge in [0.2, 0.25) is 0 Å². The largest absolute Gasteiger partial charge is 0.376 e. The van der Waals surface area contributed by atoms with Crippen molar-refractivity contribution in [2.24, 2.45) is 0 Å². The van der Waals surface area contributed by atoms with Crippen LogP contribution in [0.5, 0.6) is 0 Å². The van der Waals surface area contributed by atoms with Crippen molar-refractivity contribution in [1.29, 1.82) is 0 Å². The molecule has 0 aliphatic carbocycles. The van der Waals surface area contributed by atoms with E-state index >= 15 is 0 Å². The molecule has 3 atom stereocenters. The number of piperidine rings is 1. The molecule has 24 heavy (non-hydrogen) atoms. The number of aryl methyl sites for hydroxylation is 1. The van der Waals surface area contributed by atoms with Crippen LogP contribution in [0, 0.1) is 6.92 Å². The summed E-state index contributed by atoms with van der Waals surface area (Å²) in [5, 5.41) is 4.35. The Morgan fingerprint density at radius 2 is 2.25 bits per heavy atom. The Morgan fingerprint density at radius 3 is 3.04 bits per heavy atom. The van der Waals surface area contributed by atoms with E-state index in [1.165, 1.54) is 23.2 Å². The van der Waals surface area contributed by atoms with Gasteiger partial charge in [-0.3, -0.25) is 0 Å². The van der Waals surface area contributed by atoms with E-state index in [1.54, 1.807) is 0 Å². The third-order valence-corrected chi connectivity index (χ3v) is 6.02. The molecule has 1 aromatic carbocycles. The molecule has 130 valence electrons. The quantitative estimate of drug-likeness (QED) is 0.832. The zero-order valence-corrected chi connectivity index (χ0v) is 15.4. The van der Waals surface area contributed by atoms with Gasteiger partial charge in [0.15, 0.2) is 5.11 Å².